The van der Waals surface area contributed by atoms with E-state index in [1.54, 1.807) is 24.3 Å². The van der Waals surface area contributed by atoms with Crippen LogP contribution in [0.4, 0.5) is 0 Å². The lowest BCUT2D eigenvalue weighted by atomic mass is 10.1. The smallest absolute Gasteiger partial charge is 0.189 e. The third-order valence-electron chi connectivity index (χ3n) is 2.64. The van der Waals surface area contributed by atoms with Crippen LogP contribution in [0.25, 0.3) is 0 Å². The van der Waals surface area contributed by atoms with Crippen molar-refractivity contribution in [1.82, 2.24) is 0 Å². The quantitative estimate of drug-likeness (QED) is 0.645. The van der Waals surface area contributed by atoms with E-state index in [0.29, 0.717) is 5.56 Å². The zero-order valence-corrected chi connectivity index (χ0v) is 9.91. The molecule has 2 nitrogen and oxygen atoms in total. The van der Waals surface area contributed by atoms with Gasteiger partial charge in [0, 0.05) is 0 Å². The summed E-state index contributed by atoms with van der Waals surface area (Å²) in [5.41, 5.74) is 1.39. The Labute approximate surface area is 106 Å². The van der Waals surface area contributed by atoms with Gasteiger partial charge in [0.1, 0.15) is 5.75 Å². The van der Waals surface area contributed by atoms with E-state index >= 15 is 0 Å². The maximum absolute atomic E-state index is 11.9. The fourth-order valence-corrected chi connectivity index (χ4v) is 1.67. The Morgan fingerprint density at radius 2 is 2.00 bits per heavy atom. The van der Waals surface area contributed by atoms with E-state index in [-0.39, 0.29) is 11.5 Å². The van der Waals surface area contributed by atoms with Crippen LogP contribution >= 0.6 is 0 Å². The van der Waals surface area contributed by atoms with Crippen molar-refractivity contribution >= 4 is 5.78 Å². The van der Waals surface area contributed by atoms with Gasteiger partial charge in [-0.15, -0.1) is 0 Å². The molecule has 1 aromatic rings. The van der Waals surface area contributed by atoms with Crippen LogP contribution in [0.2, 0.25) is 0 Å². The average molecular weight is 238 g/mol. The highest BCUT2D eigenvalue weighted by molar-refractivity contribution is 6.06. The zero-order chi connectivity index (χ0) is 12.8. The SMILES string of the molecule is O=C(/C=C/C1=CC=CC=CC1)c1ccccc1O. The number of rotatable bonds is 3. The number of phenolic OH excluding ortho intramolecular Hbond substituents is 1. The van der Waals surface area contributed by atoms with Crippen molar-refractivity contribution in [2.75, 3.05) is 0 Å². The van der Waals surface area contributed by atoms with Gasteiger partial charge in [-0.25, -0.2) is 0 Å². The van der Waals surface area contributed by atoms with Crippen LogP contribution in [0.1, 0.15) is 16.8 Å². The van der Waals surface area contributed by atoms with Gasteiger partial charge in [-0.05, 0) is 30.2 Å². The van der Waals surface area contributed by atoms with E-state index in [2.05, 4.69) is 0 Å². The molecular formula is C16H14O2. The molecule has 0 amide bonds. The lowest BCUT2D eigenvalue weighted by Gasteiger charge is -1.99. The van der Waals surface area contributed by atoms with Gasteiger partial charge in [-0.1, -0.05) is 48.6 Å². The molecule has 2 heteroatoms. The van der Waals surface area contributed by atoms with Crippen molar-refractivity contribution in [3.63, 3.8) is 0 Å². The van der Waals surface area contributed by atoms with E-state index in [1.807, 2.05) is 30.4 Å². The summed E-state index contributed by atoms with van der Waals surface area (Å²) in [5.74, 6) is -0.173. The molecule has 0 aromatic heterocycles. The molecule has 1 aliphatic rings. The standard InChI is InChI=1S/C16H14O2/c17-15-10-6-5-9-14(15)16(18)12-11-13-7-3-1-2-4-8-13/h1-7,9-12,17H,8H2/b12-11+. The Kier molecular flexibility index (Phi) is 3.92. The molecule has 1 aliphatic carbocycles. The Hall–Kier alpha value is -2.35. The molecule has 18 heavy (non-hydrogen) atoms. The van der Waals surface area contributed by atoms with Gasteiger partial charge in [0.15, 0.2) is 5.78 Å². The van der Waals surface area contributed by atoms with Crippen molar-refractivity contribution in [1.29, 1.82) is 0 Å². The first kappa shape index (κ1) is 12.1. The Morgan fingerprint density at radius 3 is 2.83 bits per heavy atom. The van der Waals surface area contributed by atoms with E-state index in [1.165, 1.54) is 12.1 Å². The topological polar surface area (TPSA) is 37.3 Å². The van der Waals surface area contributed by atoms with Gasteiger partial charge in [-0.2, -0.15) is 0 Å². The summed E-state index contributed by atoms with van der Waals surface area (Å²) >= 11 is 0. The molecule has 0 saturated heterocycles. The summed E-state index contributed by atoms with van der Waals surface area (Å²) in [6.07, 6.45) is 13.9. The van der Waals surface area contributed by atoms with Crippen LogP contribution in [-0.2, 0) is 0 Å². The molecule has 1 aromatic carbocycles. The van der Waals surface area contributed by atoms with Crippen molar-refractivity contribution in [2.45, 2.75) is 6.42 Å². The lowest BCUT2D eigenvalue weighted by Crippen LogP contribution is -1.94. The number of hydrogen-bond donors (Lipinski definition) is 1. The second kappa shape index (κ2) is 5.82. The summed E-state index contributed by atoms with van der Waals surface area (Å²) < 4.78 is 0. The predicted molar refractivity (Wildman–Crippen MR) is 72.6 cm³/mol. The van der Waals surface area contributed by atoms with Gasteiger partial charge < -0.3 is 5.11 Å². The Balaban J connectivity index is 2.12. The number of phenols is 1. The number of allylic oxidation sites excluding steroid dienone is 8. The van der Waals surface area contributed by atoms with Crippen molar-refractivity contribution in [3.8, 4) is 5.75 Å². The molecule has 0 radical (unpaired) electrons. The first-order chi connectivity index (χ1) is 8.77. The van der Waals surface area contributed by atoms with Gasteiger partial charge in [-0.3, -0.25) is 4.79 Å². The van der Waals surface area contributed by atoms with Crippen LogP contribution < -0.4 is 0 Å². The van der Waals surface area contributed by atoms with E-state index in [0.717, 1.165) is 12.0 Å². The van der Waals surface area contributed by atoms with Crippen LogP contribution in [-0.4, -0.2) is 10.9 Å². The third kappa shape index (κ3) is 3.08. The highest BCUT2D eigenvalue weighted by Gasteiger charge is 2.06. The molecule has 2 rings (SSSR count). The zero-order valence-electron chi connectivity index (χ0n) is 9.91. The maximum atomic E-state index is 11.9. The van der Waals surface area contributed by atoms with E-state index < -0.39 is 0 Å². The lowest BCUT2D eigenvalue weighted by molar-refractivity contribution is 0.104. The van der Waals surface area contributed by atoms with Crippen LogP contribution in [0.15, 0.2) is 72.4 Å². The largest absolute Gasteiger partial charge is 0.507 e. The summed E-state index contributed by atoms with van der Waals surface area (Å²) in [6.45, 7) is 0. The second-order valence-corrected chi connectivity index (χ2v) is 3.97. The summed E-state index contributed by atoms with van der Waals surface area (Å²) in [5, 5.41) is 9.57. The van der Waals surface area contributed by atoms with Crippen molar-refractivity contribution in [2.24, 2.45) is 0 Å². The van der Waals surface area contributed by atoms with Crippen molar-refractivity contribution in [3.05, 3.63) is 77.9 Å². The summed E-state index contributed by atoms with van der Waals surface area (Å²) in [7, 11) is 0. The Bertz CT molecular complexity index is 560. The minimum Gasteiger partial charge on any atom is -0.507 e. The van der Waals surface area contributed by atoms with Gasteiger partial charge in [0.25, 0.3) is 0 Å². The molecule has 0 bridgehead atoms. The number of benzene rings is 1. The molecule has 0 heterocycles. The fourth-order valence-electron chi connectivity index (χ4n) is 1.67. The Morgan fingerprint density at radius 1 is 1.17 bits per heavy atom. The average Bonchev–Trinajstić information content (AvgIpc) is 2.65. The fraction of sp³-hybridized carbons (Fsp3) is 0.0625. The molecule has 0 spiro atoms. The maximum Gasteiger partial charge on any atom is 0.189 e. The highest BCUT2D eigenvalue weighted by Crippen LogP contribution is 2.17. The number of hydrogen-bond acceptors (Lipinski definition) is 2. The number of carbonyl (C=O) groups excluding carboxylic acids is 1. The van der Waals surface area contributed by atoms with Crippen LogP contribution in [0.3, 0.4) is 0 Å². The number of para-hydroxylation sites is 1. The summed E-state index contributed by atoms with van der Waals surface area (Å²) in [4.78, 5) is 11.9. The molecular weight excluding hydrogens is 224 g/mol. The molecule has 0 aliphatic heterocycles. The van der Waals surface area contributed by atoms with Crippen LogP contribution in [0, 0.1) is 0 Å². The molecule has 0 unspecified atom stereocenters. The van der Waals surface area contributed by atoms with Gasteiger partial charge in [0.2, 0.25) is 0 Å². The monoisotopic (exact) mass is 238 g/mol. The van der Waals surface area contributed by atoms with E-state index in [9.17, 15) is 9.90 Å². The van der Waals surface area contributed by atoms with Crippen LogP contribution in [0.5, 0.6) is 5.75 Å². The number of carbonyl (C=O) groups is 1. The van der Waals surface area contributed by atoms with Gasteiger partial charge >= 0.3 is 0 Å². The summed E-state index contributed by atoms with van der Waals surface area (Å²) in [6, 6.07) is 6.55. The molecule has 90 valence electrons. The second-order valence-electron chi connectivity index (χ2n) is 3.97. The molecule has 1 N–H and O–H groups in total. The minimum absolute atomic E-state index is 0.0155. The molecule has 0 fully saturated rings. The first-order valence-electron chi connectivity index (χ1n) is 5.80. The first-order valence-corrected chi connectivity index (χ1v) is 5.80. The van der Waals surface area contributed by atoms with E-state index in [4.69, 9.17) is 0 Å². The van der Waals surface area contributed by atoms with Crippen molar-refractivity contribution < 1.29 is 9.90 Å². The number of ketones is 1. The number of aromatic hydroxyl groups is 1. The molecule has 0 atom stereocenters. The third-order valence-corrected chi connectivity index (χ3v) is 2.64. The van der Waals surface area contributed by atoms with Gasteiger partial charge in [0.05, 0.1) is 5.56 Å². The minimum atomic E-state index is -0.189. The normalized spacial score (nSPS) is 14.6. The molecule has 0 saturated carbocycles. The predicted octanol–water partition coefficient (Wildman–Crippen LogP) is 3.57. The highest BCUT2D eigenvalue weighted by atomic mass is 16.3.